The first kappa shape index (κ1) is 19.5. The molecule has 0 aromatic heterocycles. The number of hydrogen-bond acceptors (Lipinski definition) is 4. The monoisotopic (exact) mass is 378 g/mol. The lowest BCUT2D eigenvalue weighted by Gasteiger charge is -2.12. The number of rotatable bonds is 4. The fourth-order valence-electron chi connectivity index (χ4n) is 1.83. The van der Waals surface area contributed by atoms with Crippen LogP contribution in [-0.2, 0) is 18.9 Å². The van der Waals surface area contributed by atoms with Gasteiger partial charge in [-0.15, -0.1) is 0 Å². The Kier molecular flexibility index (Phi) is 6.14. The summed E-state index contributed by atoms with van der Waals surface area (Å²) < 4.78 is 46.6. The SMILES string of the molecule is CC(C)=Cc1c(C=C(C)C)c(=PS(C)(=O)=O)c1=PS(C)(=O)=O. The van der Waals surface area contributed by atoms with E-state index in [1.165, 1.54) is 0 Å². The minimum absolute atomic E-state index is 0.151. The first-order valence-electron chi connectivity index (χ1n) is 6.45. The molecule has 0 radical (unpaired) electrons. The second kappa shape index (κ2) is 6.92. The summed E-state index contributed by atoms with van der Waals surface area (Å²) in [6.07, 6.45) is 6.11. The van der Waals surface area contributed by atoms with E-state index in [0.29, 0.717) is 9.88 Å². The molecule has 0 N–H and O–H groups in total. The van der Waals surface area contributed by atoms with Gasteiger partial charge in [-0.3, -0.25) is 0 Å². The molecule has 0 aliphatic heterocycles. The molecule has 0 atom stereocenters. The molecule has 0 heterocycles. The Morgan fingerprint density at radius 2 is 1.00 bits per heavy atom. The maximum absolute atomic E-state index is 11.6. The molecule has 0 saturated carbocycles. The summed E-state index contributed by atoms with van der Waals surface area (Å²) in [5.74, 6) is 0. The molecule has 4 nitrogen and oxygen atoms in total. The maximum atomic E-state index is 11.6. The van der Waals surface area contributed by atoms with Crippen molar-refractivity contribution in [3.05, 3.63) is 32.2 Å². The Bertz CT molecular complexity index is 865. The van der Waals surface area contributed by atoms with Crippen LogP contribution < -0.4 is 0 Å². The topological polar surface area (TPSA) is 68.3 Å². The molecule has 22 heavy (non-hydrogen) atoms. The van der Waals surface area contributed by atoms with Crippen LogP contribution in [0.15, 0.2) is 11.1 Å². The predicted molar refractivity (Wildman–Crippen MR) is 97.5 cm³/mol. The van der Waals surface area contributed by atoms with E-state index in [2.05, 4.69) is 0 Å². The van der Waals surface area contributed by atoms with Crippen LogP contribution in [0.4, 0.5) is 0 Å². The molecule has 8 heteroatoms. The highest BCUT2D eigenvalue weighted by molar-refractivity contribution is 8.41. The molecule has 0 aliphatic carbocycles. The fourth-order valence-corrected chi connectivity index (χ4v) is 7.31. The lowest BCUT2D eigenvalue weighted by Crippen LogP contribution is -1.97. The van der Waals surface area contributed by atoms with Gasteiger partial charge >= 0.3 is 0 Å². The maximum Gasteiger partial charge on any atom is 0.190 e. The zero-order valence-electron chi connectivity index (χ0n) is 13.5. The van der Waals surface area contributed by atoms with Crippen molar-refractivity contribution in [1.29, 1.82) is 0 Å². The van der Waals surface area contributed by atoms with Crippen molar-refractivity contribution in [2.75, 3.05) is 12.5 Å². The second-order valence-corrected chi connectivity index (χ2v) is 14.9. The van der Waals surface area contributed by atoms with Crippen molar-refractivity contribution >= 4 is 45.9 Å². The summed E-state index contributed by atoms with van der Waals surface area (Å²) in [6.45, 7) is 7.70. The van der Waals surface area contributed by atoms with Gasteiger partial charge < -0.3 is 0 Å². The van der Waals surface area contributed by atoms with Gasteiger partial charge in [-0.1, -0.05) is 23.3 Å². The lowest BCUT2D eigenvalue weighted by atomic mass is 9.99. The van der Waals surface area contributed by atoms with E-state index < -0.39 is 18.9 Å². The highest BCUT2D eigenvalue weighted by Gasteiger charge is 2.15. The average Bonchev–Trinajstić information content (AvgIpc) is 2.26. The van der Waals surface area contributed by atoms with Gasteiger partial charge in [-0.25, -0.2) is 16.8 Å². The molecule has 0 spiro atoms. The molecule has 122 valence electrons. The zero-order chi connectivity index (χ0) is 17.3. The second-order valence-electron chi connectivity index (χ2n) is 5.62. The van der Waals surface area contributed by atoms with E-state index in [9.17, 15) is 16.8 Å². The summed E-state index contributed by atoms with van der Waals surface area (Å²) in [7, 11) is -6.22. The Morgan fingerprint density at radius 3 is 1.18 bits per heavy atom. The minimum atomic E-state index is -3.26. The van der Waals surface area contributed by atoms with Gasteiger partial charge in [0.2, 0.25) is 0 Å². The van der Waals surface area contributed by atoms with E-state index in [-0.39, 0.29) is 14.8 Å². The zero-order valence-corrected chi connectivity index (χ0v) is 16.9. The third-order valence-electron chi connectivity index (χ3n) is 2.40. The largest absolute Gasteiger partial charge is 0.220 e. The highest BCUT2D eigenvalue weighted by Crippen LogP contribution is 2.35. The van der Waals surface area contributed by atoms with Gasteiger partial charge in [-0.05, 0) is 38.8 Å². The molecule has 1 rings (SSSR count). The van der Waals surface area contributed by atoms with Crippen LogP contribution in [0.1, 0.15) is 38.8 Å². The Hall–Kier alpha value is -0.540. The highest BCUT2D eigenvalue weighted by atomic mass is 32.7. The van der Waals surface area contributed by atoms with Crippen molar-refractivity contribution in [3.63, 3.8) is 0 Å². The minimum Gasteiger partial charge on any atom is -0.220 e. The average molecular weight is 378 g/mol. The van der Waals surface area contributed by atoms with Gasteiger partial charge in [-0.2, -0.15) is 0 Å². The molecule has 0 unspecified atom stereocenters. The molecule has 1 aromatic carbocycles. The third-order valence-corrected chi connectivity index (χ3v) is 7.62. The van der Waals surface area contributed by atoms with E-state index in [1.807, 2.05) is 39.8 Å². The van der Waals surface area contributed by atoms with Crippen LogP contribution in [-0.4, -0.2) is 29.3 Å². The first-order chi connectivity index (χ1) is 9.80. The van der Waals surface area contributed by atoms with Crippen molar-refractivity contribution in [1.82, 2.24) is 0 Å². The van der Waals surface area contributed by atoms with Crippen molar-refractivity contribution < 1.29 is 16.8 Å². The Morgan fingerprint density at radius 1 is 0.727 bits per heavy atom. The van der Waals surface area contributed by atoms with Crippen molar-refractivity contribution in [2.24, 2.45) is 0 Å². The van der Waals surface area contributed by atoms with Crippen LogP contribution in [0.2, 0.25) is 0 Å². The quantitative estimate of drug-likeness (QED) is 0.733. The van der Waals surface area contributed by atoms with Gasteiger partial charge in [0.05, 0.1) is 0 Å². The fraction of sp³-hybridized carbons (Fsp3) is 0.429. The van der Waals surface area contributed by atoms with Crippen molar-refractivity contribution in [3.8, 4) is 0 Å². The molecule has 1 aromatic rings. The van der Waals surface area contributed by atoms with Gasteiger partial charge in [0.1, 0.15) is 0 Å². The predicted octanol–water partition coefficient (Wildman–Crippen LogP) is 4.28. The van der Waals surface area contributed by atoms with E-state index in [0.717, 1.165) is 34.8 Å². The molecule has 0 bridgehead atoms. The van der Waals surface area contributed by atoms with Crippen LogP contribution in [0.3, 0.4) is 0 Å². The number of allylic oxidation sites excluding steroid dienone is 2. The summed E-state index contributed by atoms with van der Waals surface area (Å²) in [5.41, 5.74) is 3.70. The van der Waals surface area contributed by atoms with Crippen LogP contribution >= 0.6 is 14.8 Å². The smallest absolute Gasteiger partial charge is 0.190 e. The Balaban J connectivity index is 3.99. The van der Waals surface area contributed by atoms with Crippen LogP contribution in [0.25, 0.3) is 12.2 Å². The van der Waals surface area contributed by atoms with Gasteiger partial charge in [0, 0.05) is 37.2 Å². The summed E-state index contributed by atoms with van der Waals surface area (Å²) in [5, 5.41) is 0. The van der Waals surface area contributed by atoms with E-state index >= 15 is 0 Å². The molecule has 0 aliphatic rings. The van der Waals surface area contributed by atoms with E-state index in [4.69, 9.17) is 0 Å². The van der Waals surface area contributed by atoms with Crippen molar-refractivity contribution in [2.45, 2.75) is 27.7 Å². The molecule has 0 amide bonds. The molecule has 0 saturated heterocycles. The lowest BCUT2D eigenvalue weighted by molar-refractivity contribution is 0.613. The summed E-state index contributed by atoms with van der Waals surface area (Å²) in [4.78, 5) is 1.17. The van der Waals surface area contributed by atoms with Crippen LogP contribution in [0.5, 0.6) is 0 Å². The molecular weight excluding hydrogens is 358 g/mol. The van der Waals surface area contributed by atoms with E-state index in [1.54, 1.807) is 0 Å². The Labute approximate surface area is 135 Å². The van der Waals surface area contributed by atoms with Gasteiger partial charge in [0.15, 0.2) is 18.9 Å². The summed E-state index contributed by atoms with van der Waals surface area (Å²) in [6, 6.07) is 0. The van der Waals surface area contributed by atoms with Crippen LogP contribution in [0, 0.1) is 9.88 Å². The molecular formula is C14H20O4P2S2. The van der Waals surface area contributed by atoms with Gasteiger partial charge in [0.25, 0.3) is 0 Å². The third kappa shape index (κ3) is 5.92. The normalized spacial score (nSPS) is 14.3. The number of hydrogen-bond donors (Lipinski definition) is 0. The first-order valence-corrected chi connectivity index (χ1v) is 13.2. The summed E-state index contributed by atoms with van der Waals surface area (Å²) >= 11 is 0. The molecule has 0 fully saturated rings. The standard InChI is InChI=1S/C14H20O4P2S2/c1-9(2)7-11-12(8-10(3)4)14(20-22(6,17)18)13(11)19-21(5,15)16/h7-8H,1-6H3.